The van der Waals surface area contributed by atoms with Gasteiger partial charge >= 0.3 is 0 Å². The Balaban J connectivity index is 1.78. The molecule has 0 amide bonds. The van der Waals surface area contributed by atoms with Crippen molar-refractivity contribution in [2.24, 2.45) is 0 Å². The van der Waals surface area contributed by atoms with Crippen molar-refractivity contribution >= 4 is 0 Å². The van der Waals surface area contributed by atoms with Crippen molar-refractivity contribution < 1.29 is 5.11 Å². The summed E-state index contributed by atoms with van der Waals surface area (Å²) in [6.45, 7) is 6.87. The predicted octanol–water partition coefficient (Wildman–Crippen LogP) is 1.62. The van der Waals surface area contributed by atoms with E-state index in [1.807, 2.05) is 12.1 Å². The molecule has 1 fully saturated rings. The summed E-state index contributed by atoms with van der Waals surface area (Å²) in [5.41, 5.74) is 1.31. The maximum atomic E-state index is 9.22. The van der Waals surface area contributed by atoms with Crippen LogP contribution in [-0.2, 0) is 6.42 Å². The zero-order chi connectivity index (χ0) is 12.1. The smallest absolute Gasteiger partial charge is 0.115 e. The van der Waals surface area contributed by atoms with Gasteiger partial charge in [-0.25, -0.2) is 0 Å². The lowest BCUT2D eigenvalue weighted by Crippen LogP contribution is -2.47. The molecule has 17 heavy (non-hydrogen) atoms. The largest absolute Gasteiger partial charge is 0.508 e. The van der Waals surface area contributed by atoms with Crippen LogP contribution >= 0.6 is 0 Å². The van der Waals surface area contributed by atoms with Crippen LogP contribution in [0.1, 0.15) is 18.9 Å². The van der Waals surface area contributed by atoms with Crippen LogP contribution in [-0.4, -0.2) is 42.2 Å². The number of piperazine rings is 1. The summed E-state index contributed by atoms with van der Waals surface area (Å²) in [6.07, 6.45) is 2.27. The van der Waals surface area contributed by atoms with Crippen molar-refractivity contribution in [1.29, 1.82) is 0 Å². The highest BCUT2D eigenvalue weighted by atomic mass is 16.3. The molecule has 0 radical (unpaired) electrons. The molecule has 1 aliphatic rings. The van der Waals surface area contributed by atoms with E-state index in [2.05, 4.69) is 17.1 Å². The number of nitrogens with one attached hydrogen (secondary N) is 1. The Hall–Kier alpha value is -1.06. The van der Waals surface area contributed by atoms with E-state index in [9.17, 15) is 5.11 Å². The van der Waals surface area contributed by atoms with E-state index in [-0.39, 0.29) is 0 Å². The van der Waals surface area contributed by atoms with Gasteiger partial charge in [-0.05, 0) is 37.5 Å². The third-order valence-electron chi connectivity index (χ3n) is 3.56. The summed E-state index contributed by atoms with van der Waals surface area (Å²) in [4.78, 5) is 2.55. The molecule has 1 aromatic rings. The second-order valence-electron chi connectivity index (χ2n) is 4.84. The zero-order valence-corrected chi connectivity index (χ0v) is 10.5. The first kappa shape index (κ1) is 12.4. The van der Waals surface area contributed by atoms with Gasteiger partial charge in [0.1, 0.15) is 5.75 Å². The lowest BCUT2D eigenvalue weighted by Gasteiger charge is -2.32. The summed E-state index contributed by atoms with van der Waals surface area (Å²) in [7, 11) is 0. The molecule has 1 unspecified atom stereocenters. The van der Waals surface area contributed by atoms with Gasteiger partial charge in [-0.3, -0.25) is 4.90 Å². The molecule has 1 aromatic carbocycles. The van der Waals surface area contributed by atoms with Gasteiger partial charge in [0.15, 0.2) is 0 Å². The molecule has 3 heteroatoms. The van der Waals surface area contributed by atoms with E-state index in [4.69, 9.17) is 0 Å². The lowest BCUT2D eigenvalue weighted by molar-refractivity contribution is 0.177. The van der Waals surface area contributed by atoms with Crippen molar-refractivity contribution in [1.82, 2.24) is 10.2 Å². The Morgan fingerprint density at radius 2 is 1.88 bits per heavy atom. The van der Waals surface area contributed by atoms with Gasteiger partial charge in [0.2, 0.25) is 0 Å². The molecular formula is C14H22N2O. The van der Waals surface area contributed by atoms with E-state index in [1.54, 1.807) is 12.1 Å². The van der Waals surface area contributed by atoms with Gasteiger partial charge in [-0.1, -0.05) is 12.1 Å². The average molecular weight is 234 g/mol. The second-order valence-corrected chi connectivity index (χ2v) is 4.84. The van der Waals surface area contributed by atoms with Crippen molar-refractivity contribution in [3.05, 3.63) is 29.8 Å². The summed E-state index contributed by atoms with van der Waals surface area (Å²) < 4.78 is 0. The van der Waals surface area contributed by atoms with Crippen molar-refractivity contribution in [2.45, 2.75) is 25.8 Å². The van der Waals surface area contributed by atoms with E-state index in [0.717, 1.165) is 32.6 Å². The first-order valence-corrected chi connectivity index (χ1v) is 6.48. The van der Waals surface area contributed by atoms with Crippen LogP contribution in [0, 0.1) is 0 Å². The molecule has 0 spiro atoms. The highest BCUT2D eigenvalue weighted by Gasteiger charge is 2.15. The minimum absolute atomic E-state index is 0.351. The Morgan fingerprint density at radius 3 is 2.53 bits per heavy atom. The molecule has 3 nitrogen and oxygen atoms in total. The molecule has 1 heterocycles. The molecule has 0 aliphatic carbocycles. The minimum atomic E-state index is 0.351. The minimum Gasteiger partial charge on any atom is -0.508 e. The van der Waals surface area contributed by atoms with E-state index in [1.165, 1.54) is 12.0 Å². The van der Waals surface area contributed by atoms with Crippen LogP contribution in [0.4, 0.5) is 0 Å². The third-order valence-corrected chi connectivity index (χ3v) is 3.56. The molecule has 2 rings (SSSR count). The number of phenols is 1. The van der Waals surface area contributed by atoms with E-state index in [0.29, 0.717) is 11.8 Å². The number of aromatic hydroxyl groups is 1. The molecule has 2 N–H and O–H groups in total. The molecule has 94 valence electrons. The van der Waals surface area contributed by atoms with Crippen LogP contribution in [0.15, 0.2) is 24.3 Å². The monoisotopic (exact) mass is 234 g/mol. The fourth-order valence-electron chi connectivity index (χ4n) is 2.34. The Labute approximate surface area is 103 Å². The standard InChI is InChI=1S/C14H22N2O/c1-12(16-10-8-15-9-11-16)2-3-13-4-6-14(17)7-5-13/h4-7,12,15,17H,2-3,8-11H2,1H3. The van der Waals surface area contributed by atoms with Gasteiger partial charge < -0.3 is 10.4 Å². The summed E-state index contributed by atoms with van der Waals surface area (Å²) >= 11 is 0. The number of aryl methyl sites for hydroxylation is 1. The quantitative estimate of drug-likeness (QED) is 0.831. The van der Waals surface area contributed by atoms with Gasteiger partial charge in [-0.2, -0.15) is 0 Å². The molecule has 1 atom stereocenters. The third kappa shape index (κ3) is 3.72. The Kier molecular flexibility index (Phi) is 4.40. The fourth-order valence-corrected chi connectivity index (χ4v) is 2.34. The first-order valence-electron chi connectivity index (χ1n) is 6.48. The van der Waals surface area contributed by atoms with E-state index < -0.39 is 0 Å². The molecule has 0 bridgehead atoms. The second kappa shape index (κ2) is 6.03. The highest BCUT2D eigenvalue weighted by molar-refractivity contribution is 5.25. The van der Waals surface area contributed by atoms with E-state index >= 15 is 0 Å². The molecule has 1 aliphatic heterocycles. The van der Waals surface area contributed by atoms with Crippen LogP contribution < -0.4 is 5.32 Å². The molecule has 0 aromatic heterocycles. The first-order chi connectivity index (χ1) is 8.25. The summed E-state index contributed by atoms with van der Waals surface area (Å²) in [6, 6.07) is 8.21. The topological polar surface area (TPSA) is 35.5 Å². The Bertz CT molecular complexity index is 331. The van der Waals surface area contributed by atoms with Gasteiger partial charge in [0.05, 0.1) is 0 Å². The van der Waals surface area contributed by atoms with Gasteiger partial charge in [-0.15, -0.1) is 0 Å². The maximum absolute atomic E-state index is 9.22. The lowest BCUT2D eigenvalue weighted by atomic mass is 10.0. The van der Waals surface area contributed by atoms with Crippen LogP contribution in [0.25, 0.3) is 0 Å². The van der Waals surface area contributed by atoms with Crippen LogP contribution in [0.2, 0.25) is 0 Å². The Morgan fingerprint density at radius 1 is 1.24 bits per heavy atom. The summed E-state index contributed by atoms with van der Waals surface area (Å²) in [5.74, 6) is 0.351. The number of hydrogen-bond acceptors (Lipinski definition) is 3. The SMILES string of the molecule is CC(CCc1ccc(O)cc1)N1CCNCC1. The van der Waals surface area contributed by atoms with Crippen LogP contribution in [0.3, 0.4) is 0 Å². The normalized spacial score (nSPS) is 19.1. The van der Waals surface area contributed by atoms with Crippen molar-refractivity contribution in [3.8, 4) is 5.75 Å². The highest BCUT2D eigenvalue weighted by Crippen LogP contribution is 2.14. The average Bonchev–Trinajstić information content (AvgIpc) is 2.39. The molecule has 1 saturated heterocycles. The van der Waals surface area contributed by atoms with Gasteiger partial charge in [0.25, 0.3) is 0 Å². The number of benzene rings is 1. The van der Waals surface area contributed by atoms with Crippen molar-refractivity contribution in [2.75, 3.05) is 26.2 Å². The zero-order valence-electron chi connectivity index (χ0n) is 10.5. The van der Waals surface area contributed by atoms with Crippen LogP contribution in [0.5, 0.6) is 5.75 Å². The molecular weight excluding hydrogens is 212 g/mol. The van der Waals surface area contributed by atoms with Gasteiger partial charge in [0, 0.05) is 32.2 Å². The van der Waals surface area contributed by atoms with Crippen molar-refractivity contribution in [3.63, 3.8) is 0 Å². The molecule has 0 saturated carbocycles. The maximum Gasteiger partial charge on any atom is 0.115 e. The number of hydrogen-bond donors (Lipinski definition) is 2. The summed E-state index contributed by atoms with van der Waals surface area (Å²) in [5, 5.41) is 12.6. The number of phenolic OH excluding ortho intramolecular Hbond substituents is 1. The number of rotatable bonds is 4. The number of nitrogens with zero attached hydrogens (tertiary/aromatic N) is 1. The predicted molar refractivity (Wildman–Crippen MR) is 70.3 cm³/mol. The fraction of sp³-hybridized carbons (Fsp3) is 0.571.